The van der Waals surface area contributed by atoms with E-state index in [2.05, 4.69) is 10.1 Å². The number of nitrogens with one attached hydrogen (secondary N) is 1. The summed E-state index contributed by atoms with van der Waals surface area (Å²) in [5.74, 6) is -1.77. The van der Waals surface area contributed by atoms with Crippen LogP contribution in [0.2, 0.25) is 10.0 Å². The first-order valence-electron chi connectivity index (χ1n) is 8.20. The van der Waals surface area contributed by atoms with Gasteiger partial charge in [-0.25, -0.2) is 4.79 Å². The van der Waals surface area contributed by atoms with Crippen LogP contribution in [0.15, 0.2) is 42.5 Å². The van der Waals surface area contributed by atoms with Crippen LogP contribution in [0.3, 0.4) is 0 Å². The number of methoxy groups -OCH3 is 1. The number of hydrogen-bond acceptors (Lipinski definition) is 4. The topological polar surface area (TPSA) is 75.6 Å². The number of carbonyl (C=O) groups is 2. The Labute approximate surface area is 174 Å². The highest BCUT2D eigenvalue weighted by molar-refractivity contribution is 6.35. The average molecular weight is 450 g/mol. The number of aliphatic hydroxyl groups is 1. The molecule has 156 valence electrons. The van der Waals surface area contributed by atoms with Crippen molar-refractivity contribution in [3.63, 3.8) is 0 Å². The predicted molar refractivity (Wildman–Crippen MR) is 101 cm³/mol. The number of alkyl halides is 3. The van der Waals surface area contributed by atoms with Crippen LogP contribution in [-0.2, 0) is 26.9 Å². The van der Waals surface area contributed by atoms with Crippen molar-refractivity contribution in [2.75, 3.05) is 7.11 Å². The number of rotatable bonds is 6. The van der Waals surface area contributed by atoms with E-state index in [-0.39, 0.29) is 17.0 Å². The van der Waals surface area contributed by atoms with Gasteiger partial charge in [0.2, 0.25) is 0 Å². The number of amides is 1. The molecule has 2 aromatic carbocycles. The third-order valence-corrected chi connectivity index (χ3v) is 4.63. The van der Waals surface area contributed by atoms with Gasteiger partial charge < -0.3 is 15.2 Å². The zero-order valence-corrected chi connectivity index (χ0v) is 16.5. The zero-order valence-electron chi connectivity index (χ0n) is 15.0. The van der Waals surface area contributed by atoms with Gasteiger partial charge in [0.1, 0.15) is 6.04 Å². The number of hydrogen-bond donors (Lipinski definition) is 2. The summed E-state index contributed by atoms with van der Waals surface area (Å²) in [5, 5.41) is 13.1. The lowest BCUT2D eigenvalue weighted by molar-refractivity contribution is -0.146. The van der Waals surface area contributed by atoms with Gasteiger partial charge in [0.25, 0.3) is 5.91 Å². The monoisotopic (exact) mass is 449 g/mol. The second-order valence-electron chi connectivity index (χ2n) is 6.05. The van der Waals surface area contributed by atoms with E-state index in [1.807, 2.05) is 0 Å². The van der Waals surface area contributed by atoms with E-state index >= 15 is 0 Å². The van der Waals surface area contributed by atoms with E-state index < -0.39 is 35.8 Å². The zero-order chi connectivity index (χ0) is 21.8. The number of halogens is 5. The lowest BCUT2D eigenvalue weighted by Crippen LogP contribution is -2.45. The summed E-state index contributed by atoms with van der Waals surface area (Å²) in [6.07, 6.45) is -6.38. The fraction of sp³-hybridized carbons (Fsp3) is 0.263. The van der Waals surface area contributed by atoms with Crippen molar-refractivity contribution in [1.82, 2.24) is 5.32 Å². The Bertz CT molecular complexity index is 888. The molecule has 29 heavy (non-hydrogen) atoms. The van der Waals surface area contributed by atoms with Crippen LogP contribution in [-0.4, -0.2) is 30.1 Å². The van der Waals surface area contributed by atoms with Crippen molar-refractivity contribution in [3.05, 3.63) is 69.2 Å². The quantitative estimate of drug-likeness (QED) is 0.654. The second-order valence-corrected chi connectivity index (χ2v) is 6.89. The van der Waals surface area contributed by atoms with E-state index in [0.29, 0.717) is 10.6 Å². The van der Waals surface area contributed by atoms with E-state index in [9.17, 15) is 27.9 Å². The first-order chi connectivity index (χ1) is 13.5. The average Bonchev–Trinajstić information content (AvgIpc) is 2.67. The Morgan fingerprint density at radius 3 is 2.28 bits per heavy atom. The minimum absolute atomic E-state index is 0.0475. The van der Waals surface area contributed by atoms with Gasteiger partial charge in [-0.1, -0.05) is 41.4 Å². The van der Waals surface area contributed by atoms with E-state index in [4.69, 9.17) is 23.2 Å². The van der Waals surface area contributed by atoms with Crippen molar-refractivity contribution in [2.24, 2.45) is 0 Å². The summed E-state index contributed by atoms with van der Waals surface area (Å²) >= 11 is 11.9. The van der Waals surface area contributed by atoms with Crippen molar-refractivity contribution in [1.29, 1.82) is 0 Å². The van der Waals surface area contributed by atoms with E-state index in [1.165, 1.54) is 6.07 Å². The molecule has 0 aliphatic heterocycles. The molecule has 2 rings (SSSR count). The van der Waals surface area contributed by atoms with Crippen LogP contribution in [0.1, 0.15) is 22.8 Å². The smallest absolute Gasteiger partial charge is 0.416 e. The highest BCUT2D eigenvalue weighted by Crippen LogP contribution is 2.30. The van der Waals surface area contributed by atoms with Gasteiger partial charge in [0.05, 0.1) is 12.7 Å². The van der Waals surface area contributed by atoms with Crippen LogP contribution in [0.25, 0.3) is 0 Å². The molecule has 2 N–H and O–H groups in total. The lowest BCUT2D eigenvalue weighted by atomic mass is 10.0. The summed E-state index contributed by atoms with van der Waals surface area (Å²) in [5.41, 5.74) is -0.488. The molecule has 0 saturated carbocycles. The van der Waals surface area contributed by atoms with Crippen molar-refractivity contribution in [2.45, 2.75) is 24.7 Å². The summed E-state index contributed by atoms with van der Waals surface area (Å²) in [7, 11) is 1.12. The van der Waals surface area contributed by atoms with Gasteiger partial charge in [-0.15, -0.1) is 0 Å². The maximum Gasteiger partial charge on any atom is 0.416 e. The molecule has 0 bridgehead atoms. The summed E-state index contributed by atoms with van der Waals surface area (Å²) in [4.78, 5) is 24.4. The Kier molecular flexibility index (Phi) is 7.51. The van der Waals surface area contributed by atoms with Gasteiger partial charge >= 0.3 is 12.1 Å². The number of aliphatic hydroxyl groups excluding tert-OH is 1. The molecule has 0 spiro atoms. The number of carbonyl (C=O) groups excluding carboxylic acids is 2. The normalized spacial score (nSPS) is 13.5. The van der Waals surface area contributed by atoms with Crippen LogP contribution >= 0.6 is 23.2 Å². The van der Waals surface area contributed by atoms with Gasteiger partial charge in [-0.2, -0.15) is 13.2 Å². The van der Waals surface area contributed by atoms with Crippen LogP contribution < -0.4 is 5.32 Å². The molecule has 0 aliphatic rings. The molecule has 2 aromatic rings. The molecule has 0 unspecified atom stereocenters. The molecule has 0 radical (unpaired) electrons. The van der Waals surface area contributed by atoms with Crippen molar-refractivity contribution in [3.8, 4) is 0 Å². The number of ether oxygens (including phenoxy) is 1. The highest BCUT2D eigenvalue weighted by Gasteiger charge is 2.31. The third kappa shape index (κ3) is 6.09. The SMILES string of the molecule is COC(=O)[C@H](Cc1ccc(Cl)cc1Cl)NC(=O)[C@@H](O)c1ccc(C(F)(F)F)cc1. The molecule has 0 fully saturated rings. The Balaban J connectivity index is 2.15. The van der Waals surface area contributed by atoms with Gasteiger partial charge in [0, 0.05) is 16.5 Å². The molecule has 0 aromatic heterocycles. The summed E-state index contributed by atoms with van der Waals surface area (Å²) in [6, 6.07) is 6.86. The molecule has 0 heterocycles. The molecular weight excluding hydrogens is 434 g/mol. The summed E-state index contributed by atoms with van der Waals surface area (Å²) in [6.45, 7) is 0. The first-order valence-corrected chi connectivity index (χ1v) is 8.96. The third-order valence-electron chi connectivity index (χ3n) is 4.04. The minimum Gasteiger partial charge on any atom is -0.467 e. The van der Waals surface area contributed by atoms with Crippen LogP contribution in [0.5, 0.6) is 0 Å². The molecule has 0 saturated heterocycles. The maximum absolute atomic E-state index is 12.6. The molecule has 1 amide bonds. The first kappa shape index (κ1) is 23.0. The second kappa shape index (κ2) is 9.47. The van der Waals surface area contributed by atoms with Gasteiger partial charge in [-0.05, 0) is 35.4 Å². The van der Waals surface area contributed by atoms with Crippen LogP contribution in [0, 0.1) is 0 Å². The molecule has 0 aliphatic carbocycles. The molecular formula is C19H16Cl2F3NO4. The maximum atomic E-state index is 12.6. The largest absolute Gasteiger partial charge is 0.467 e. The Morgan fingerprint density at radius 2 is 1.76 bits per heavy atom. The van der Waals surface area contributed by atoms with Gasteiger partial charge in [-0.3, -0.25) is 4.79 Å². The van der Waals surface area contributed by atoms with Crippen molar-refractivity contribution < 1.29 is 32.6 Å². The lowest BCUT2D eigenvalue weighted by Gasteiger charge is -2.20. The molecule has 10 heteroatoms. The Morgan fingerprint density at radius 1 is 1.14 bits per heavy atom. The van der Waals surface area contributed by atoms with Crippen LogP contribution in [0.4, 0.5) is 13.2 Å². The predicted octanol–water partition coefficient (Wildman–Crippen LogP) is 3.95. The minimum atomic E-state index is -4.54. The van der Waals surface area contributed by atoms with E-state index in [1.54, 1.807) is 12.1 Å². The number of esters is 1. The highest BCUT2D eigenvalue weighted by atomic mass is 35.5. The number of benzene rings is 2. The van der Waals surface area contributed by atoms with Crippen molar-refractivity contribution >= 4 is 35.1 Å². The molecule has 5 nitrogen and oxygen atoms in total. The standard InChI is InChI=1S/C19H16Cl2F3NO4/c1-29-18(28)15(8-11-4-7-13(20)9-14(11)21)25-17(27)16(26)10-2-5-12(6-3-10)19(22,23)24/h2-7,9,15-16,26H,8H2,1H3,(H,25,27)/t15-,16-/m0/s1. The Hall–Kier alpha value is -2.29. The van der Waals surface area contributed by atoms with E-state index in [0.717, 1.165) is 31.4 Å². The fourth-order valence-electron chi connectivity index (χ4n) is 2.50. The fourth-order valence-corrected chi connectivity index (χ4v) is 2.98. The molecule has 2 atom stereocenters. The van der Waals surface area contributed by atoms with Gasteiger partial charge in [0.15, 0.2) is 6.10 Å². The summed E-state index contributed by atoms with van der Waals surface area (Å²) < 4.78 is 42.6.